The van der Waals surface area contributed by atoms with Gasteiger partial charge in [-0.05, 0) is 108 Å². The van der Waals surface area contributed by atoms with Crippen molar-refractivity contribution >= 4 is 55.5 Å². The van der Waals surface area contributed by atoms with Crippen molar-refractivity contribution < 1.29 is 19.4 Å². The van der Waals surface area contributed by atoms with Crippen LogP contribution in [0.15, 0.2) is 33.3 Å². The maximum absolute atomic E-state index is 13.4. The molecule has 2 fully saturated rings. The van der Waals surface area contributed by atoms with Crippen molar-refractivity contribution in [1.82, 2.24) is 15.2 Å². The fourth-order valence-electron chi connectivity index (χ4n) is 6.52. The van der Waals surface area contributed by atoms with E-state index in [2.05, 4.69) is 49.3 Å². The third kappa shape index (κ3) is 6.63. The summed E-state index contributed by atoms with van der Waals surface area (Å²) in [6, 6.07) is 6.29. The molecule has 3 aliphatic rings. The lowest BCUT2D eigenvalue weighted by Gasteiger charge is -2.39. The highest BCUT2D eigenvalue weighted by atomic mass is 79.9. The number of nitrogens with zero attached hydrogens (tertiary/aromatic N) is 2. The number of ether oxygens (including phenoxy) is 1. The molecule has 1 aromatic carbocycles. The Hall–Kier alpha value is -1.68. The van der Waals surface area contributed by atoms with E-state index in [9.17, 15) is 9.59 Å². The van der Waals surface area contributed by atoms with Crippen molar-refractivity contribution in [3.8, 4) is 0 Å². The highest BCUT2D eigenvalue weighted by Crippen LogP contribution is 2.46. The molecule has 5 rings (SSSR count). The van der Waals surface area contributed by atoms with E-state index in [0.717, 1.165) is 71.3 Å². The van der Waals surface area contributed by atoms with E-state index < -0.39 is 6.09 Å². The Kier molecular flexibility index (Phi) is 9.52. The van der Waals surface area contributed by atoms with Gasteiger partial charge in [-0.25, -0.2) is 4.79 Å². The summed E-state index contributed by atoms with van der Waals surface area (Å²) in [4.78, 5) is 32.2. The van der Waals surface area contributed by atoms with E-state index in [1.165, 1.54) is 16.7 Å². The van der Waals surface area contributed by atoms with Gasteiger partial charge in [0.15, 0.2) is 0 Å². The number of aryl methyl sites for hydroxylation is 2. The zero-order chi connectivity index (χ0) is 27.5. The molecule has 0 unspecified atom stereocenters. The van der Waals surface area contributed by atoms with Crippen molar-refractivity contribution in [2.24, 2.45) is 11.8 Å². The second-order valence-corrected chi connectivity index (χ2v) is 13.0. The molecule has 39 heavy (non-hydrogen) atoms. The van der Waals surface area contributed by atoms with E-state index in [0.29, 0.717) is 18.8 Å². The van der Waals surface area contributed by atoms with Gasteiger partial charge in [-0.2, -0.15) is 0 Å². The summed E-state index contributed by atoms with van der Waals surface area (Å²) in [5.41, 5.74) is 4.98. The van der Waals surface area contributed by atoms with E-state index in [1.807, 2.05) is 17.2 Å². The Morgan fingerprint density at radius 1 is 1.05 bits per heavy atom. The Balaban J connectivity index is 1.25. The number of fused-ring (bicyclic) bond motifs is 2. The number of carbonyl (C=O) groups excluding carboxylic acids is 2. The maximum atomic E-state index is 13.4. The number of amides is 2. The number of nitrogens with one attached hydrogen (secondary N) is 1. The van der Waals surface area contributed by atoms with Crippen LogP contribution in [-0.2, 0) is 22.4 Å². The second-order valence-electron chi connectivity index (χ2n) is 10.8. The molecule has 2 N–H and O–H groups in total. The van der Waals surface area contributed by atoms with Gasteiger partial charge in [0.2, 0.25) is 5.91 Å². The Labute approximate surface area is 251 Å². The van der Waals surface area contributed by atoms with Crippen LogP contribution in [0.1, 0.15) is 66.8 Å². The average molecular weight is 684 g/mol. The summed E-state index contributed by atoms with van der Waals surface area (Å²) in [6.07, 6.45) is 7.74. The van der Waals surface area contributed by atoms with Crippen LogP contribution in [0.5, 0.6) is 0 Å². The first-order valence-corrected chi connectivity index (χ1v) is 15.8. The van der Waals surface area contributed by atoms with Gasteiger partial charge >= 0.3 is 6.09 Å². The van der Waals surface area contributed by atoms with Gasteiger partial charge in [0.05, 0.1) is 12.3 Å². The number of piperidine rings is 1. The molecule has 2 aliphatic carbocycles. The number of hydrogen-bond donors (Lipinski definition) is 2. The van der Waals surface area contributed by atoms with Crippen LogP contribution in [0.2, 0.25) is 5.02 Å². The highest BCUT2D eigenvalue weighted by Gasteiger charge is 2.38. The number of halogens is 3. The normalized spacial score (nSPS) is 23.4. The molecule has 2 amide bonds. The van der Waals surface area contributed by atoms with Gasteiger partial charge < -0.3 is 20.1 Å². The molecule has 1 aromatic heterocycles. The van der Waals surface area contributed by atoms with E-state index in [4.69, 9.17) is 26.4 Å². The second kappa shape index (κ2) is 12.9. The van der Waals surface area contributed by atoms with Crippen LogP contribution < -0.4 is 5.32 Å². The number of rotatable bonds is 5. The minimum absolute atomic E-state index is 0.0171. The van der Waals surface area contributed by atoms with Crippen LogP contribution in [-0.4, -0.2) is 59.3 Å². The van der Waals surface area contributed by atoms with Crippen molar-refractivity contribution in [3.05, 3.63) is 60.7 Å². The zero-order valence-electron chi connectivity index (χ0n) is 21.8. The summed E-state index contributed by atoms with van der Waals surface area (Å²) in [6.45, 7) is 1.55. The molecule has 1 saturated heterocycles. The van der Waals surface area contributed by atoms with Crippen molar-refractivity contribution in [2.45, 2.75) is 63.4 Å². The Morgan fingerprint density at radius 2 is 1.77 bits per heavy atom. The first-order chi connectivity index (χ1) is 18.8. The van der Waals surface area contributed by atoms with Crippen LogP contribution in [0.3, 0.4) is 0 Å². The topological polar surface area (TPSA) is 91.8 Å². The summed E-state index contributed by atoms with van der Waals surface area (Å²) < 4.78 is 7.47. The smallest absolute Gasteiger partial charge is 0.407 e. The van der Waals surface area contributed by atoms with Crippen LogP contribution >= 0.6 is 43.5 Å². The number of hydrogen-bond acceptors (Lipinski definition) is 5. The fraction of sp³-hybridized carbons (Fsp3) is 0.552. The number of carbonyl (C=O) groups is 2. The summed E-state index contributed by atoms with van der Waals surface area (Å²) in [7, 11) is 0. The molecule has 0 bridgehead atoms. The monoisotopic (exact) mass is 681 g/mol. The largest absolute Gasteiger partial charge is 0.446 e. The SMILES string of the molecule is O=C(NCCO)OC1CCC(C(=O)N2CCC([C@H]3c4ncc(Br)cc4CCc4cc(Cl)cc(Br)c43)CC2)CC1. The number of aliphatic hydroxyl groups excluding tert-OH is 1. The fourth-order valence-corrected chi connectivity index (χ4v) is 8.02. The molecular weight excluding hydrogens is 650 g/mol. The third-order valence-electron chi connectivity index (χ3n) is 8.42. The molecule has 0 radical (unpaired) electrons. The number of aliphatic hydroxyl groups is 1. The van der Waals surface area contributed by atoms with Crippen molar-refractivity contribution in [1.29, 1.82) is 0 Å². The average Bonchev–Trinajstić information content (AvgIpc) is 3.09. The molecule has 7 nitrogen and oxygen atoms in total. The molecule has 1 atom stereocenters. The van der Waals surface area contributed by atoms with E-state index in [1.54, 1.807) is 0 Å². The van der Waals surface area contributed by atoms with Crippen LogP contribution in [0.4, 0.5) is 4.79 Å². The molecular formula is C29H34Br2ClN3O4. The Morgan fingerprint density at radius 3 is 2.49 bits per heavy atom. The lowest BCUT2D eigenvalue weighted by atomic mass is 9.76. The first kappa shape index (κ1) is 28.8. The standard InChI is InChI=1S/C29H34Br2ClN3O4/c30-21-13-20-2-1-19-14-22(32)15-24(31)25(19)26(27(20)34-16-21)17-7-10-35(11-8-17)28(37)18-3-5-23(6-4-18)39-29(38)33-9-12-36/h13-18,23,26,36H,1-12H2,(H,33,38)/t18?,23?,26-/m1/s1. The summed E-state index contributed by atoms with van der Waals surface area (Å²) >= 11 is 13.9. The third-order valence-corrected chi connectivity index (χ3v) is 9.73. The van der Waals surface area contributed by atoms with Gasteiger partial charge in [0, 0.05) is 51.6 Å². The zero-order valence-corrected chi connectivity index (χ0v) is 25.7. The van der Waals surface area contributed by atoms with Gasteiger partial charge in [0.1, 0.15) is 6.10 Å². The number of benzene rings is 1. The summed E-state index contributed by atoms with van der Waals surface area (Å²) in [5.74, 6) is 0.737. The molecule has 210 valence electrons. The molecule has 2 heterocycles. The van der Waals surface area contributed by atoms with Crippen molar-refractivity contribution in [3.63, 3.8) is 0 Å². The van der Waals surface area contributed by atoms with Gasteiger partial charge in [-0.3, -0.25) is 9.78 Å². The van der Waals surface area contributed by atoms with Crippen LogP contribution in [0, 0.1) is 11.8 Å². The molecule has 2 aromatic rings. The predicted molar refractivity (Wildman–Crippen MR) is 157 cm³/mol. The van der Waals surface area contributed by atoms with Crippen molar-refractivity contribution in [2.75, 3.05) is 26.2 Å². The molecule has 1 saturated carbocycles. The van der Waals surface area contributed by atoms with Gasteiger partial charge in [0.25, 0.3) is 0 Å². The van der Waals surface area contributed by atoms with E-state index in [-0.39, 0.29) is 37.0 Å². The first-order valence-electron chi connectivity index (χ1n) is 13.8. The molecule has 10 heteroatoms. The van der Waals surface area contributed by atoms with Crippen LogP contribution in [0.25, 0.3) is 0 Å². The number of alkyl carbamates (subject to hydrolysis) is 1. The number of pyridine rings is 1. The minimum atomic E-state index is -0.502. The predicted octanol–water partition coefficient (Wildman–Crippen LogP) is 6.01. The summed E-state index contributed by atoms with van der Waals surface area (Å²) in [5, 5.41) is 12.1. The number of aromatic nitrogens is 1. The lowest BCUT2D eigenvalue weighted by Crippen LogP contribution is -2.44. The van der Waals surface area contributed by atoms with Gasteiger partial charge in [-0.15, -0.1) is 0 Å². The maximum Gasteiger partial charge on any atom is 0.407 e. The highest BCUT2D eigenvalue weighted by molar-refractivity contribution is 9.10. The lowest BCUT2D eigenvalue weighted by molar-refractivity contribution is -0.138. The number of likely N-dealkylation sites (tertiary alicyclic amines) is 1. The van der Waals surface area contributed by atoms with Gasteiger partial charge in [-0.1, -0.05) is 27.5 Å². The molecule has 0 spiro atoms. The quantitative estimate of drug-likeness (QED) is 0.403. The molecule has 1 aliphatic heterocycles. The minimum Gasteiger partial charge on any atom is -0.446 e. The van der Waals surface area contributed by atoms with E-state index >= 15 is 0 Å². The Bertz CT molecular complexity index is 1210.